The number of nitrogens with one attached hydrogen (secondary N) is 3. The smallest absolute Gasteiger partial charge is 0.407 e. The number of hydrogen-bond acceptors (Lipinski definition) is 7. The number of alkyl carbamates (subject to hydrolysis) is 1. The number of likely N-dealkylation sites (tertiary alicyclic amines) is 2. The zero-order valence-corrected chi connectivity index (χ0v) is 33.3. The van der Waals surface area contributed by atoms with Crippen molar-refractivity contribution >= 4 is 17.9 Å². The maximum atomic E-state index is 13.7. The van der Waals surface area contributed by atoms with Gasteiger partial charge in [-0.1, -0.05) is 52.0 Å². The molecule has 0 spiro atoms. The minimum absolute atomic E-state index is 0.0201. The predicted octanol–water partition coefficient (Wildman–Crippen LogP) is 6.64. The third kappa shape index (κ3) is 6.95. The van der Waals surface area contributed by atoms with Crippen molar-refractivity contribution in [3.63, 3.8) is 0 Å². The fourth-order valence-corrected chi connectivity index (χ4v) is 10.2. The van der Waals surface area contributed by atoms with Gasteiger partial charge in [0.2, 0.25) is 11.8 Å². The topological polar surface area (TPSA) is 140 Å². The molecule has 292 valence electrons. The maximum Gasteiger partial charge on any atom is 0.407 e. The van der Waals surface area contributed by atoms with Crippen molar-refractivity contribution in [2.45, 2.75) is 127 Å². The van der Waals surface area contributed by atoms with Crippen LogP contribution in [0.15, 0.2) is 36.7 Å². The highest BCUT2D eigenvalue weighted by molar-refractivity contribution is 5.86. The summed E-state index contributed by atoms with van der Waals surface area (Å²) in [6.07, 6.45) is 13.9. The summed E-state index contributed by atoms with van der Waals surface area (Å²) in [5, 5.41) is 2.72. The molecule has 2 aliphatic heterocycles. The van der Waals surface area contributed by atoms with Crippen LogP contribution in [0.1, 0.15) is 127 Å². The average Bonchev–Trinajstić information content (AvgIpc) is 4.00. The molecule has 3 N–H and O–H groups in total. The van der Waals surface area contributed by atoms with Crippen molar-refractivity contribution in [2.75, 3.05) is 34.3 Å². The van der Waals surface area contributed by atoms with E-state index in [0.29, 0.717) is 6.54 Å². The van der Waals surface area contributed by atoms with Crippen LogP contribution in [0.2, 0.25) is 0 Å². The molecule has 2 aromatic heterocycles. The fourth-order valence-electron chi connectivity index (χ4n) is 10.2. The Hall–Kier alpha value is -4.19. The summed E-state index contributed by atoms with van der Waals surface area (Å²) >= 11 is 0. The van der Waals surface area contributed by atoms with Crippen LogP contribution in [0.5, 0.6) is 0 Å². The van der Waals surface area contributed by atoms with E-state index in [1.807, 2.05) is 39.0 Å². The van der Waals surface area contributed by atoms with E-state index in [9.17, 15) is 14.4 Å². The number of rotatable bonds is 11. The first-order chi connectivity index (χ1) is 25.9. The summed E-state index contributed by atoms with van der Waals surface area (Å²) in [5.74, 6) is 2.00. The number of likely N-dealkylation sites (N-methyl/N-ethyl adjacent to an activating group) is 1. The molecule has 0 radical (unpaired) electrons. The van der Waals surface area contributed by atoms with Gasteiger partial charge in [0.05, 0.1) is 37.1 Å². The zero-order chi connectivity index (χ0) is 38.4. The molecule has 4 atom stereocenters. The van der Waals surface area contributed by atoms with Crippen molar-refractivity contribution in [1.29, 1.82) is 0 Å². The normalized spacial score (nSPS) is 26.6. The summed E-state index contributed by atoms with van der Waals surface area (Å²) in [6, 6.07) is 8.10. The number of nitrogens with zero attached hydrogens (tertiary/aromatic N) is 5. The molecule has 3 aliphatic carbocycles. The number of H-pyrrole nitrogens is 2. The van der Waals surface area contributed by atoms with Crippen molar-refractivity contribution in [2.24, 2.45) is 11.8 Å². The Kier molecular flexibility index (Phi) is 10.7. The number of carbonyl (C=O) groups excluding carboxylic acids is 3. The van der Waals surface area contributed by atoms with Gasteiger partial charge in [-0.05, 0) is 107 Å². The van der Waals surface area contributed by atoms with Gasteiger partial charge in [0.15, 0.2) is 0 Å². The molecule has 4 heterocycles. The molecule has 2 saturated heterocycles. The van der Waals surface area contributed by atoms with Gasteiger partial charge in [-0.15, -0.1) is 0 Å². The molecule has 12 nitrogen and oxygen atoms in total. The van der Waals surface area contributed by atoms with Crippen molar-refractivity contribution < 1.29 is 19.1 Å². The molecule has 12 heteroatoms. The number of aromatic nitrogens is 4. The molecule has 3 saturated carbocycles. The monoisotopic (exact) mass is 740 g/mol. The van der Waals surface area contributed by atoms with Gasteiger partial charge in [0.25, 0.3) is 0 Å². The minimum atomic E-state index is -0.660. The first-order valence-electron chi connectivity index (χ1n) is 20.2. The molecule has 5 fully saturated rings. The van der Waals surface area contributed by atoms with E-state index < -0.39 is 12.1 Å². The van der Waals surface area contributed by atoms with Crippen molar-refractivity contribution in [1.82, 2.24) is 40.0 Å². The second-order valence-corrected chi connectivity index (χ2v) is 17.4. The van der Waals surface area contributed by atoms with Crippen LogP contribution < -0.4 is 5.32 Å². The molecule has 5 aliphatic rings. The lowest BCUT2D eigenvalue weighted by Crippen LogP contribution is -2.51. The van der Waals surface area contributed by atoms with Gasteiger partial charge in [0.1, 0.15) is 17.7 Å². The highest BCUT2D eigenvalue weighted by Crippen LogP contribution is 2.58. The van der Waals surface area contributed by atoms with Gasteiger partial charge < -0.3 is 29.8 Å². The van der Waals surface area contributed by atoms with Gasteiger partial charge in [-0.25, -0.2) is 14.8 Å². The molecule has 2 bridgehead atoms. The van der Waals surface area contributed by atoms with Crippen LogP contribution in [0, 0.1) is 11.8 Å². The fraction of sp³-hybridized carbons (Fsp3) is 0.643. The minimum Gasteiger partial charge on any atom is -0.453 e. The number of carbonyl (C=O) groups is 3. The molecular weight excluding hydrogens is 681 g/mol. The number of fused-ring (bicyclic) bond motifs is 3. The Morgan fingerprint density at radius 2 is 1.35 bits per heavy atom. The van der Waals surface area contributed by atoms with Crippen LogP contribution in [-0.4, -0.2) is 98.9 Å². The van der Waals surface area contributed by atoms with Gasteiger partial charge in [-0.3, -0.25) is 14.5 Å². The van der Waals surface area contributed by atoms with E-state index in [0.717, 1.165) is 93.7 Å². The Morgan fingerprint density at radius 1 is 0.796 bits per heavy atom. The van der Waals surface area contributed by atoms with Gasteiger partial charge in [0, 0.05) is 30.4 Å². The van der Waals surface area contributed by atoms with Crippen LogP contribution in [0.4, 0.5) is 4.79 Å². The number of amides is 3. The predicted molar refractivity (Wildman–Crippen MR) is 208 cm³/mol. The van der Waals surface area contributed by atoms with Gasteiger partial charge in [-0.2, -0.15) is 0 Å². The van der Waals surface area contributed by atoms with Crippen LogP contribution in [0.3, 0.4) is 0 Å². The maximum absolute atomic E-state index is 13.7. The van der Waals surface area contributed by atoms with Crippen LogP contribution in [0.25, 0.3) is 11.3 Å². The molecule has 3 aromatic rings. The molecular formula is C42H60N8O4. The van der Waals surface area contributed by atoms with Crippen molar-refractivity contribution in [3.8, 4) is 11.3 Å². The average molecular weight is 741 g/mol. The second-order valence-electron chi connectivity index (χ2n) is 17.4. The van der Waals surface area contributed by atoms with E-state index in [1.165, 1.54) is 18.4 Å². The third-order valence-corrected chi connectivity index (χ3v) is 13.4. The number of ether oxygens (including phenoxy) is 1. The van der Waals surface area contributed by atoms with Crippen LogP contribution in [-0.2, 0) is 25.2 Å². The first-order valence-corrected chi connectivity index (χ1v) is 20.2. The number of imidazole rings is 2. The number of hydrogen-bond donors (Lipinski definition) is 3. The standard InChI is InChI=1S/C42H60N8O4/c1-26(2)34(47-40(53)54-7)38(51)49-22-8-10-31(49)36-43-24-30(45-36)28-12-14-29(15-13-28)41-16-19-42(20-17-41,21-18-41)33-25-44-37(46-33)32-11-9-23-50(32)39(52)35(27(3)4)48(5)6/h12-15,24-27,31-32,34-35H,8-11,16-23H2,1-7H3,(H,43,45)(H,44,46)(H,47,53)/t31-,32-,34-,35+,41?,42?/m0/s1. The SMILES string of the molecule is COC(=O)N[C@H](C(=O)N1CCC[C@H]1c1ncc(-c2ccc(C34CCC(c5cnc([C@@H]6CCCN6C(=O)[C@@H](C(C)C)N(C)C)[nH]5)(CC3)CC4)cc2)[nH]1)C(C)C. The summed E-state index contributed by atoms with van der Waals surface area (Å²) < 4.78 is 4.78. The molecule has 54 heavy (non-hydrogen) atoms. The summed E-state index contributed by atoms with van der Waals surface area (Å²) in [6.45, 7) is 9.52. The molecule has 0 unspecified atom stereocenters. The van der Waals surface area contributed by atoms with E-state index in [1.54, 1.807) is 0 Å². The zero-order valence-electron chi connectivity index (χ0n) is 33.3. The summed E-state index contributed by atoms with van der Waals surface area (Å²) in [5.41, 5.74) is 4.99. The number of benzene rings is 1. The third-order valence-electron chi connectivity index (χ3n) is 13.4. The van der Waals surface area contributed by atoms with Gasteiger partial charge >= 0.3 is 6.09 Å². The molecule has 1 aromatic carbocycles. The lowest BCUT2D eigenvalue weighted by atomic mass is 9.51. The summed E-state index contributed by atoms with van der Waals surface area (Å²) in [7, 11) is 5.31. The molecule has 3 amide bonds. The molecule has 8 rings (SSSR count). The van der Waals surface area contributed by atoms with E-state index in [2.05, 4.69) is 69.4 Å². The Labute approximate surface area is 320 Å². The quantitative estimate of drug-likeness (QED) is 0.200. The second kappa shape index (κ2) is 15.2. The largest absolute Gasteiger partial charge is 0.453 e. The van der Waals surface area contributed by atoms with Crippen LogP contribution >= 0.6 is 0 Å². The number of aromatic amines is 2. The highest BCUT2D eigenvalue weighted by Gasteiger charge is 2.51. The van der Waals surface area contributed by atoms with E-state index >= 15 is 0 Å². The Balaban J connectivity index is 1.000. The van der Waals surface area contributed by atoms with E-state index in [4.69, 9.17) is 14.7 Å². The lowest BCUT2D eigenvalue weighted by molar-refractivity contribution is -0.138. The lowest BCUT2D eigenvalue weighted by Gasteiger charge is -2.53. The van der Waals surface area contributed by atoms with Crippen molar-refractivity contribution in [3.05, 3.63) is 59.6 Å². The Morgan fingerprint density at radius 3 is 1.91 bits per heavy atom. The summed E-state index contributed by atoms with van der Waals surface area (Å²) in [4.78, 5) is 62.2. The van der Waals surface area contributed by atoms with E-state index in [-0.39, 0.29) is 52.6 Å². The highest BCUT2D eigenvalue weighted by atomic mass is 16.5. The first kappa shape index (κ1) is 38.1. The Bertz CT molecular complexity index is 1780. The number of methoxy groups -OCH3 is 1.